The maximum absolute atomic E-state index is 11.6. The summed E-state index contributed by atoms with van der Waals surface area (Å²) in [5.74, 6) is -0.832. The van der Waals surface area contributed by atoms with Crippen molar-refractivity contribution in [2.24, 2.45) is 0 Å². The fourth-order valence-corrected chi connectivity index (χ4v) is 2.91. The van der Waals surface area contributed by atoms with E-state index in [-0.39, 0.29) is 11.5 Å². The normalized spacial score (nSPS) is 21.3. The maximum atomic E-state index is 11.6. The summed E-state index contributed by atoms with van der Waals surface area (Å²) in [6.45, 7) is 3.05. The largest absolute Gasteiger partial charge is 0.464 e. The molecular weight excluding hydrogens is 296 g/mol. The Labute approximate surface area is 126 Å². The van der Waals surface area contributed by atoms with Crippen molar-refractivity contribution in [3.05, 3.63) is 10.6 Å². The van der Waals surface area contributed by atoms with Crippen molar-refractivity contribution < 1.29 is 23.8 Å². The minimum absolute atomic E-state index is 0.0478. The Morgan fingerprint density at radius 1 is 1.48 bits per heavy atom. The van der Waals surface area contributed by atoms with Crippen LogP contribution in [-0.2, 0) is 14.2 Å². The van der Waals surface area contributed by atoms with Gasteiger partial charge in [-0.05, 0) is 0 Å². The summed E-state index contributed by atoms with van der Waals surface area (Å²) in [6, 6.07) is 0. The van der Waals surface area contributed by atoms with Crippen LogP contribution in [0.2, 0.25) is 0 Å². The first-order valence-corrected chi connectivity index (χ1v) is 7.30. The van der Waals surface area contributed by atoms with Crippen molar-refractivity contribution in [3.63, 3.8) is 0 Å². The van der Waals surface area contributed by atoms with Gasteiger partial charge >= 0.3 is 5.97 Å². The first kappa shape index (κ1) is 15.9. The van der Waals surface area contributed by atoms with Gasteiger partial charge in [-0.15, -0.1) is 0 Å². The number of nitrogens with one attached hydrogen (secondary N) is 1. The highest BCUT2D eigenvalue weighted by Gasteiger charge is 2.35. The number of esters is 1. The number of methoxy groups -OCH3 is 2. The van der Waals surface area contributed by atoms with Gasteiger partial charge in [0.05, 0.1) is 13.7 Å². The van der Waals surface area contributed by atoms with Crippen molar-refractivity contribution >= 4 is 28.2 Å². The number of ketones is 1. The standard InChI is InChI=1S/C13H18N2O5S/c1-8(16)10-9(11(17)18-2)15-12(21-10)14-6-13(19-3)4-5-20-7-13/h4-7H2,1-3H3,(H,14,15). The van der Waals surface area contributed by atoms with E-state index in [2.05, 4.69) is 15.0 Å². The lowest BCUT2D eigenvalue weighted by Gasteiger charge is -2.25. The molecule has 1 saturated heterocycles. The van der Waals surface area contributed by atoms with Crippen LogP contribution in [0, 0.1) is 0 Å². The molecule has 21 heavy (non-hydrogen) atoms. The molecule has 2 rings (SSSR count). The maximum Gasteiger partial charge on any atom is 0.358 e. The highest BCUT2D eigenvalue weighted by atomic mass is 32.1. The van der Waals surface area contributed by atoms with Gasteiger partial charge in [0.1, 0.15) is 10.5 Å². The molecule has 1 aromatic rings. The molecule has 7 nitrogen and oxygen atoms in total. The van der Waals surface area contributed by atoms with Crippen molar-refractivity contribution in [1.82, 2.24) is 4.98 Å². The molecule has 0 aromatic carbocycles. The summed E-state index contributed by atoms with van der Waals surface area (Å²) in [5.41, 5.74) is -0.348. The summed E-state index contributed by atoms with van der Waals surface area (Å²) >= 11 is 1.13. The Hall–Kier alpha value is -1.51. The highest BCUT2D eigenvalue weighted by Crippen LogP contribution is 2.27. The second-order valence-corrected chi connectivity index (χ2v) is 5.79. The Kier molecular flexibility index (Phi) is 4.92. The summed E-state index contributed by atoms with van der Waals surface area (Å²) in [6.07, 6.45) is 0.783. The van der Waals surface area contributed by atoms with E-state index in [1.165, 1.54) is 14.0 Å². The van der Waals surface area contributed by atoms with E-state index in [0.29, 0.717) is 29.8 Å². The number of hydrogen-bond donors (Lipinski definition) is 1. The molecule has 8 heteroatoms. The molecule has 1 aliphatic rings. The molecule has 0 amide bonds. The number of nitrogens with zero attached hydrogens (tertiary/aromatic N) is 1. The third-order valence-electron chi connectivity index (χ3n) is 3.39. The van der Waals surface area contributed by atoms with Gasteiger partial charge in [-0.3, -0.25) is 4.79 Å². The molecule has 2 heterocycles. The fourth-order valence-electron chi connectivity index (χ4n) is 2.07. The van der Waals surface area contributed by atoms with Crippen LogP contribution in [0.5, 0.6) is 0 Å². The Bertz CT molecular complexity index is 537. The van der Waals surface area contributed by atoms with Crippen LogP contribution in [0.15, 0.2) is 0 Å². The van der Waals surface area contributed by atoms with Gasteiger partial charge in [0.2, 0.25) is 0 Å². The minimum Gasteiger partial charge on any atom is -0.464 e. The van der Waals surface area contributed by atoms with E-state index >= 15 is 0 Å². The monoisotopic (exact) mass is 314 g/mol. The summed E-state index contributed by atoms with van der Waals surface area (Å²) < 4.78 is 15.5. The van der Waals surface area contributed by atoms with Crippen LogP contribution >= 0.6 is 11.3 Å². The van der Waals surface area contributed by atoms with E-state index in [0.717, 1.165) is 17.8 Å². The van der Waals surface area contributed by atoms with E-state index < -0.39 is 11.6 Å². The summed E-state index contributed by atoms with van der Waals surface area (Å²) in [4.78, 5) is 27.6. The number of Topliss-reactive ketones (excluding diaryl/α,β-unsaturated/α-hetero) is 1. The Morgan fingerprint density at radius 3 is 2.76 bits per heavy atom. The molecule has 1 aliphatic heterocycles. The van der Waals surface area contributed by atoms with Crippen LogP contribution in [0.3, 0.4) is 0 Å². The number of anilines is 1. The van der Waals surface area contributed by atoms with Crippen LogP contribution in [0.25, 0.3) is 0 Å². The van der Waals surface area contributed by atoms with Gasteiger partial charge in [-0.1, -0.05) is 11.3 Å². The SMILES string of the molecule is COC(=O)c1nc(NCC2(OC)CCOC2)sc1C(C)=O. The average molecular weight is 314 g/mol. The predicted molar refractivity (Wildman–Crippen MR) is 77.1 cm³/mol. The number of carbonyl (C=O) groups excluding carboxylic acids is 2. The molecule has 0 saturated carbocycles. The van der Waals surface area contributed by atoms with Gasteiger partial charge in [-0.2, -0.15) is 0 Å². The van der Waals surface area contributed by atoms with Crippen molar-refractivity contribution in [1.29, 1.82) is 0 Å². The van der Waals surface area contributed by atoms with Gasteiger partial charge in [0, 0.05) is 33.6 Å². The van der Waals surface area contributed by atoms with Gasteiger partial charge in [0.15, 0.2) is 16.6 Å². The Balaban J connectivity index is 2.13. The molecule has 1 fully saturated rings. The molecule has 1 N–H and O–H groups in total. The number of ether oxygens (including phenoxy) is 3. The van der Waals surface area contributed by atoms with Crippen LogP contribution in [0.1, 0.15) is 33.5 Å². The first-order chi connectivity index (χ1) is 10.0. The quantitative estimate of drug-likeness (QED) is 0.626. The number of rotatable bonds is 6. The molecule has 1 aromatic heterocycles. The van der Waals surface area contributed by atoms with Crippen molar-refractivity contribution in [2.75, 3.05) is 39.3 Å². The lowest BCUT2D eigenvalue weighted by Crippen LogP contribution is -2.39. The number of thiazole rings is 1. The van der Waals surface area contributed by atoms with E-state index in [4.69, 9.17) is 9.47 Å². The summed E-state index contributed by atoms with van der Waals surface area (Å²) in [7, 11) is 2.90. The molecular formula is C13H18N2O5S. The zero-order chi connectivity index (χ0) is 15.5. The van der Waals surface area contributed by atoms with Gasteiger partial charge in [0.25, 0.3) is 0 Å². The molecule has 0 bridgehead atoms. The average Bonchev–Trinajstić information content (AvgIpc) is 3.11. The zero-order valence-corrected chi connectivity index (χ0v) is 13.0. The smallest absolute Gasteiger partial charge is 0.358 e. The fraction of sp³-hybridized carbons (Fsp3) is 0.615. The predicted octanol–water partition coefficient (Wildman–Crippen LogP) is 1.35. The third kappa shape index (κ3) is 3.39. The molecule has 1 atom stereocenters. The molecule has 0 radical (unpaired) electrons. The molecule has 0 spiro atoms. The van der Waals surface area contributed by atoms with E-state index in [1.807, 2.05) is 0 Å². The lowest BCUT2D eigenvalue weighted by atomic mass is 10.0. The van der Waals surface area contributed by atoms with Gasteiger partial charge < -0.3 is 19.5 Å². The number of hydrogen-bond acceptors (Lipinski definition) is 8. The number of carbonyl (C=O) groups is 2. The van der Waals surface area contributed by atoms with Crippen molar-refractivity contribution in [3.8, 4) is 0 Å². The Morgan fingerprint density at radius 2 is 2.24 bits per heavy atom. The lowest BCUT2D eigenvalue weighted by molar-refractivity contribution is -0.00620. The van der Waals surface area contributed by atoms with E-state index in [1.54, 1.807) is 7.11 Å². The second-order valence-electron chi connectivity index (χ2n) is 4.79. The topological polar surface area (TPSA) is 86.8 Å². The number of aromatic nitrogens is 1. The zero-order valence-electron chi connectivity index (χ0n) is 12.2. The molecule has 1 unspecified atom stereocenters. The van der Waals surface area contributed by atoms with Crippen LogP contribution in [-0.4, -0.2) is 56.3 Å². The van der Waals surface area contributed by atoms with Crippen molar-refractivity contribution in [2.45, 2.75) is 18.9 Å². The highest BCUT2D eigenvalue weighted by molar-refractivity contribution is 7.17. The molecule has 116 valence electrons. The first-order valence-electron chi connectivity index (χ1n) is 6.48. The summed E-state index contributed by atoms with van der Waals surface area (Å²) in [5, 5.41) is 3.61. The third-order valence-corrected chi connectivity index (χ3v) is 4.50. The second kappa shape index (κ2) is 6.50. The van der Waals surface area contributed by atoms with E-state index in [9.17, 15) is 9.59 Å². The minimum atomic E-state index is -0.616. The molecule has 0 aliphatic carbocycles. The van der Waals surface area contributed by atoms with Crippen LogP contribution < -0.4 is 5.32 Å². The van der Waals surface area contributed by atoms with Crippen LogP contribution in [0.4, 0.5) is 5.13 Å². The van der Waals surface area contributed by atoms with Gasteiger partial charge in [-0.25, -0.2) is 9.78 Å².